The topological polar surface area (TPSA) is 38.8 Å². The molecule has 30 heavy (non-hydrogen) atoms. The molecule has 0 spiro atoms. The van der Waals surface area contributed by atoms with E-state index in [1.807, 2.05) is 35.2 Å². The summed E-state index contributed by atoms with van der Waals surface area (Å²) in [6.45, 7) is 7.56. The van der Waals surface area contributed by atoms with Crippen molar-refractivity contribution in [3.63, 3.8) is 0 Å². The van der Waals surface area contributed by atoms with E-state index in [9.17, 15) is 4.79 Å². The van der Waals surface area contributed by atoms with Crippen LogP contribution in [0.2, 0.25) is 0 Å². The second kappa shape index (κ2) is 8.78. The van der Waals surface area contributed by atoms with Gasteiger partial charge in [0.2, 0.25) is 0 Å². The molecule has 0 unspecified atom stereocenters. The molecule has 2 aromatic carbocycles. The number of amides is 2. The second-order valence-corrected chi connectivity index (χ2v) is 9.17. The van der Waals surface area contributed by atoms with Crippen molar-refractivity contribution in [1.29, 1.82) is 0 Å². The van der Waals surface area contributed by atoms with E-state index in [2.05, 4.69) is 45.4 Å². The van der Waals surface area contributed by atoms with Gasteiger partial charge in [0.1, 0.15) is 0 Å². The van der Waals surface area contributed by atoms with Gasteiger partial charge in [0.25, 0.3) is 0 Å². The minimum atomic E-state index is 0.0522. The van der Waals surface area contributed by atoms with Crippen molar-refractivity contribution in [3.8, 4) is 0 Å². The number of benzene rings is 2. The van der Waals surface area contributed by atoms with E-state index in [1.165, 1.54) is 31.5 Å². The molecule has 5 rings (SSSR count). The lowest BCUT2D eigenvalue weighted by Crippen LogP contribution is -2.45. The molecule has 158 valence electrons. The van der Waals surface area contributed by atoms with Gasteiger partial charge in [-0.2, -0.15) is 0 Å². The zero-order chi connectivity index (χ0) is 20.3. The Labute approximate surface area is 179 Å². The van der Waals surface area contributed by atoms with Crippen molar-refractivity contribution < 1.29 is 4.79 Å². The average molecular weight is 405 g/mol. The molecule has 5 nitrogen and oxygen atoms in total. The number of likely N-dealkylation sites (tertiary alicyclic amines) is 3. The van der Waals surface area contributed by atoms with E-state index >= 15 is 0 Å². The molecule has 3 heterocycles. The van der Waals surface area contributed by atoms with Crippen LogP contribution in [0, 0.1) is 11.8 Å². The van der Waals surface area contributed by atoms with Gasteiger partial charge in [-0.3, -0.25) is 9.80 Å². The predicted molar refractivity (Wildman–Crippen MR) is 120 cm³/mol. The minimum absolute atomic E-state index is 0.0522. The summed E-state index contributed by atoms with van der Waals surface area (Å²) in [6, 6.07) is 21.4. The van der Waals surface area contributed by atoms with Gasteiger partial charge >= 0.3 is 6.03 Å². The Kier molecular flexibility index (Phi) is 5.73. The van der Waals surface area contributed by atoms with Crippen molar-refractivity contribution in [2.45, 2.75) is 25.4 Å². The number of anilines is 1. The molecule has 2 amide bonds. The van der Waals surface area contributed by atoms with Gasteiger partial charge in [-0.05, 0) is 55.5 Å². The van der Waals surface area contributed by atoms with E-state index in [4.69, 9.17) is 0 Å². The monoisotopic (exact) mass is 404 g/mol. The van der Waals surface area contributed by atoms with Crippen LogP contribution < -0.4 is 5.32 Å². The van der Waals surface area contributed by atoms with Gasteiger partial charge in [0.15, 0.2) is 0 Å². The van der Waals surface area contributed by atoms with Crippen LogP contribution in [-0.2, 0) is 6.54 Å². The number of rotatable bonds is 4. The number of hydrogen-bond donors (Lipinski definition) is 1. The maximum absolute atomic E-state index is 12.6. The maximum atomic E-state index is 12.6. The number of piperidine rings is 1. The zero-order valence-electron chi connectivity index (χ0n) is 17.6. The first-order chi connectivity index (χ1) is 14.7. The summed E-state index contributed by atoms with van der Waals surface area (Å²) >= 11 is 0. The lowest BCUT2D eigenvalue weighted by atomic mass is 10.0. The van der Waals surface area contributed by atoms with Crippen molar-refractivity contribution >= 4 is 11.7 Å². The first-order valence-corrected chi connectivity index (χ1v) is 11.4. The normalized spacial score (nSPS) is 25.4. The summed E-state index contributed by atoms with van der Waals surface area (Å²) < 4.78 is 0. The minimum Gasteiger partial charge on any atom is -0.324 e. The number of fused-ring (bicyclic) bond motifs is 1. The molecular formula is C25H32N4O. The highest BCUT2D eigenvalue weighted by atomic mass is 16.2. The van der Waals surface area contributed by atoms with Crippen molar-refractivity contribution in [1.82, 2.24) is 14.7 Å². The highest BCUT2D eigenvalue weighted by molar-refractivity contribution is 5.89. The van der Waals surface area contributed by atoms with Crippen LogP contribution in [0.4, 0.5) is 10.5 Å². The van der Waals surface area contributed by atoms with Crippen LogP contribution in [0.5, 0.6) is 0 Å². The van der Waals surface area contributed by atoms with Gasteiger partial charge in [-0.1, -0.05) is 48.5 Å². The molecule has 0 radical (unpaired) electrons. The first kappa shape index (κ1) is 19.6. The molecule has 0 aromatic heterocycles. The quantitative estimate of drug-likeness (QED) is 0.844. The fourth-order valence-corrected chi connectivity index (χ4v) is 5.50. The molecule has 0 saturated carbocycles. The zero-order valence-corrected chi connectivity index (χ0v) is 17.6. The third-order valence-corrected chi connectivity index (χ3v) is 7.15. The Morgan fingerprint density at radius 3 is 2.07 bits per heavy atom. The molecule has 3 aliphatic rings. The predicted octanol–water partition coefficient (Wildman–Crippen LogP) is 3.75. The number of para-hydroxylation sites is 1. The average Bonchev–Trinajstić information content (AvgIpc) is 3.35. The number of carbonyl (C=O) groups excluding carboxylic acids is 1. The SMILES string of the molecule is O=C(Nc1ccccc1)N1C[C@@H]2CN(C3CCN(Cc4ccccc4)CC3)C[C@H]2C1. The number of urea groups is 1. The fraction of sp³-hybridized carbons (Fsp3) is 0.480. The van der Waals surface area contributed by atoms with Crippen LogP contribution in [0.3, 0.4) is 0 Å². The molecule has 5 heteroatoms. The molecule has 3 aliphatic heterocycles. The van der Waals surface area contributed by atoms with Crippen LogP contribution in [0.25, 0.3) is 0 Å². The third-order valence-electron chi connectivity index (χ3n) is 7.15. The molecule has 2 aromatic rings. The van der Waals surface area contributed by atoms with Crippen molar-refractivity contribution in [2.75, 3.05) is 44.6 Å². The lowest BCUT2D eigenvalue weighted by molar-refractivity contribution is 0.114. The number of nitrogens with one attached hydrogen (secondary N) is 1. The highest BCUT2D eigenvalue weighted by Crippen LogP contribution is 2.34. The molecule has 0 aliphatic carbocycles. The van der Waals surface area contributed by atoms with Gasteiger partial charge in [-0.15, -0.1) is 0 Å². The summed E-state index contributed by atoms with van der Waals surface area (Å²) in [7, 11) is 0. The van der Waals surface area contributed by atoms with Crippen LogP contribution >= 0.6 is 0 Å². The van der Waals surface area contributed by atoms with Gasteiger partial charge in [0.05, 0.1) is 0 Å². The second-order valence-electron chi connectivity index (χ2n) is 9.17. The van der Waals surface area contributed by atoms with Crippen molar-refractivity contribution in [2.24, 2.45) is 11.8 Å². The molecule has 3 saturated heterocycles. The van der Waals surface area contributed by atoms with Crippen molar-refractivity contribution in [3.05, 3.63) is 66.2 Å². The summed E-state index contributed by atoms with van der Waals surface area (Å²) in [5.41, 5.74) is 2.30. The largest absolute Gasteiger partial charge is 0.324 e. The molecule has 0 bridgehead atoms. The lowest BCUT2D eigenvalue weighted by Gasteiger charge is -2.37. The number of carbonyl (C=O) groups is 1. The number of nitrogens with zero attached hydrogens (tertiary/aromatic N) is 3. The van der Waals surface area contributed by atoms with Crippen LogP contribution in [0.1, 0.15) is 18.4 Å². The maximum Gasteiger partial charge on any atom is 0.321 e. The summed E-state index contributed by atoms with van der Waals surface area (Å²) in [6.07, 6.45) is 2.54. The molecule has 2 atom stereocenters. The Morgan fingerprint density at radius 2 is 1.43 bits per heavy atom. The Bertz CT molecular complexity index is 821. The third kappa shape index (κ3) is 4.37. The standard InChI is InChI=1S/C25H32N4O/c30-25(26-23-9-5-2-6-10-23)29-18-21-16-28(17-22(21)19-29)24-11-13-27(14-12-24)15-20-7-3-1-4-8-20/h1-10,21-22,24H,11-19H2,(H,26,30)/t21-,22-/m0/s1. The van der Waals surface area contributed by atoms with E-state index in [1.54, 1.807) is 0 Å². The highest BCUT2D eigenvalue weighted by Gasteiger charge is 2.43. The summed E-state index contributed by atoms with van der Waals surface area (Å²) in [4.78, 5) is 19.9. The number of hydrogen-bond acceptors (Lipinski definition) is 3. The first-order valence-electron chi connectivity index (χ1n) is 11.4. The molecular weight excluding hydrogens is 372 g/mol. The van der Waals surface area contributed by atoms with E-state index in [-0.39, 0.29) is 6.03 Å². The van der Waals surface area contributed by atoms with Crippen LogP contribution in [0.15, 0.2) is 60.7 Å². The Balaban J connectivity index is 1.08. The molecule has 1 N–H and O–H groups in total. The van der Waals surface area contributed by atoms with Gasteiger partial charge < -0.3 is 10.2 Å². The van der Waals surface area contributed by atoms with Gasteiger partial charge in [0, 0.05) is 44.5 Å². The van der Waals surface area contributed by atoms with E-state index in [0.29, 0.717) is 17.9 Å². The summed E-state index contributed by atoms with van der Waals surface area (Å²) in [5, 5.41) is 3.04. The van der Waals surface area contributed by atoms with E-state index in [0.717, 1.165) is 38.4 Å². The van der Waals surface area contributed by atoms with Gasteiger partial charge in [-0.25, -0.2) is 4.79 Å². The van der Waals surface area contributed by atoms with Crippen LogP contribution in [-0.4, -0.2) is 66.0 Å². The van der Waals surface area contributed by atoms with E-state index < -0.39 is 0 Å². The Morgan fingerprint density at radius 1 is 0.833 bits per heavy atom. The fourth-order valence-electron chi connectivity index (χ4n) is 5.50. The molecule has 3 fully saturated rings. The summed E-state index contributed by atoms with van der Waals surface area (Å²) in [5.74, 6) is 1.27. The Hall–Kier alpha value is -2.37. The smallest absolute Gasteiger partial charge is 0.321 e.